The number of rotatable bonds is 7. The molecule has 0 bridgehead atoms. The van der Waals surface area contributed by atoms with Crippen molar-refractivity contribution in [1.29, 1.82) is 0 Å². The van der Waals surface area contributed by atoms with Crippen LogP contribution in [0.15, 0.2) is 92.0 Å². The minimum Gasteiger partial charge on any atom is -0.337 e. The Labute approximate surface area is 204 Å². The van der Waals surface area contributed by atoms with Gasteiger partial charge in [-0.3, -0.25) is 9.89 Å². The van der Waals surface area contributed by atoms with E-state index in [1.165, 1.54) is 6.33 Å². The van der Waals surface area contributed by atoms with E-state index in [2.05, 4.69) is 40.9 Å². The summed E-state index contributed by atoms with van der Waals surface area (Å²) in [6.07, 6.45) is 10.1. The lowest BCUT2D eigenvalue weighted by molar-refractivity contribution is 0.102. The number of hydrogen-bond donors (Lipinski definition) is 3. The monoisotopic (exact) mass is 476 g/mol. The van der Waals surface area contributed by atoms with Gasteiger partial charge in [-0.1, -0.05) is 30.3 Å². The summed E-state index contributed by atoms with van der Waals surface area (Å²) in [5.74, 6) is 0.795. The summed E-state index contributed by atoms with van der Waals surface area (Å²) in [6, 6.07) is 17.1. The van der Waals surface area contributed by atoms with Gasteiger partial charge in [0.15, 0.2) is 17.3 Å². The van der Waals surface area contributed by atoms with E-state index in [1.807, 2.05) is 41.1 Å². The molecule has 0 unspecified atom stereocenters. The van der Waals surface area contributed by atoms with E-state index in [0.29, 0.717) is 29.4 Å². The van der Waals surface area contributed by atoms with Gasteiger partial charge in [0.25, 0.3) is 5.91 Å². The number of hydrogen-bond acceptors (Lipinski definition) is 7. The molecule has 0 radical (unpaired) electrons. The highest BCUT2D eigenvalue weighted by molar-refractivity contribution is 6.03. The average Bonchev–Trinajstić information content (AvgIpc) is 3.68. The Kier molecular flexibility index (Phi) is 5.39. The molecule has 0 aliphatic rings. The minimum absolute atomic E-state index is 0.242. The highest BCUT2D eigenvalue weighted by Crippen LogP contribution is 2.24. The van der Waals surface area contributed by atoms with Crippen LogP contribution in [0.5, 0.6) is 0 Å². The Morgan fingerprint density at radius 3 is 2.64 bits per heavy atom. The van der Waals surface area contributed by atoms with Crippen LogP contribution in [0.25, 0.3) is 16.9 Å². The van der Waals surface area contributed by atoms with Gasteiger partial charge >= 0.3 is 0 Å². The summed E-state index contributed by atoms with van der Waals surface area (Å²) in [6.45, 7) is 0.681. The molecule has 6 rings (SSSR count). The lowest BCUT2D eigenvalue weighted by Crippen LogP contribution is -2.12. The fraction of sp³-hybridized carbons (Fsp3) is 0.0400. The summed E-state index contributed by atoms with van der Waals surface area (Å²) in [4.78, 5) is 25.8. The molecule has 0 atom stereocenters. The first kappa shape index (κ1) is 21.2. The topological polar surface area (TPSA) is 131 Å². The van der Waals surface area contributed by atoms with Gasteiger partial charge in [-0.15, -0.1) is 0 Å². The first-order valence-electron chi connectivity index (χ1n) is 11.1. The normalized spacial score (nSPS) is 11.0. The van der Waals surface area contributed by atoms with Crippen LogP contribution >= 0.6 is 0 Å². The Balaban J connectivity index is 1.13. The van der Waals surface area contributed by atoms with Crippen LogP contribution in [0, 0.1) is 0 Å². The third kappa shape index (κ3) is 4.28. The number of carbonyl (C=O) groups excluding carboxylic acids is 1. The van der Waals surface area contributed by atoms with Gasteiger partial charge in [-0.25, -0.2) is 19.5 Å². The Morgan fingerprint density at radius 2 is 1.83 bits per heavy atom. The van der Waals surface area contributed by atoms with Gasteiger partial charge in [-0.2, -0.15) is 10.2 Å². The molecule has 0 fully saturated rings. The van der Waals surface area contributed by atoms with Crippen LogP contribution in [0.2, 0.25) is 0 Å². The lowest BCUT2D eigenvalue weighted by Gasteiger charge is -2.09. The summed E-state index contributed by atoms with van der Waals surface area (Å²) < 4.78 is 3.62. The largest absolute Gasteiger partial charge is 0.337 e. The molecule has 11 heteroatoms. The van der Waals surface area contributed by atoms with Gasteiger partial charge in [0.05, 0.1) is 24.4 Å². The summed E-state index contributed by atoms with van der Waals surface area (Å²) in [5.41, 5.74) is 4.61. The number of benzene rings is 2. The Hall–Kier alpha value is -5.32. The highest BCUT2D eigenvalue weighted by atomic mass is 16.1. The zero-order valence-electron chi connectivity index (χ0n) is 18.9. The van der Waals surface area contributed by atoms with E-state index in [0.717, 1.165) is 22.5 Å². The number of fused-ring (bicyclic) bond motifs is 1. The van der Waals surface area contributed by atoms with Crippen molar-refractivity contribution in [3.63, 3.8) is 0 Å². The first-order valence-corrected chi connectivity index (χ1v) is 11.1. The first-order chi connectivity index (χ1) is 17.7. The molecule has 36 heavy (non-hydrogen) atoms. The van der Waals surface area contributed by atoms with Crippen molar-refractivity contribution in [2.24, 2.45) is 0 Å². The van der Waals surface area contributed by atoms with Crippen LogP contribution in [0.3, 0.4) is 0 Å². The zero-order valence-corrected chi connectivity index (χ0v) is 18.9. The smallest absolute Gasteiger partial charge is 0.256 e. The van der Waals surface area contributed by atoms with Crippen molar-refractivity contribution >= 4 is 28.9 Å². The SMILES string of the molecule is O=C(Nc1cn(Cc2ccccc2)cn1)c1ccc(Nc2ncc(-c3cn[nH]c3)n3ncnc23)cc1. The van der Waals surface area contributed by atoms with Crippen LogP contribution < -0.4 is 10.6 Å². The van der Waals surface area contributed by atoms with Crippen LogP contribution in [0.4, 0.5) is 17.3 Å². The van der Waals surface area contributed by atoms with Crippen LogP contribution in [0.1, 0.15) is 15.9 Å². The van der Waals surface area contributed by atoms with E-state index in [9.17, 15) is 4.79 Å². The number of imidazole rings is 1. The quantitative estimate of drug-likeness (QED) is 0.320. The second-order valence-corrected chi connectivity index (χ2v) is 8.05. The van der Waals surface area contributed by atoms with Gasteiger partial charge in [0, 0.05) is 35.8 Å². The third-order valence-electron chi connectivity index (χ3n) is 5.59. The van der Waals surface area contributed by atoms with E-state index in [-0.39, 0.29) is 5.91 Å². The molecule has 0 saturated heterocycles. The number of nitrogens with one attached hydrogen (secondary N) is 3. The minimum atomic E-state index is -0.242. The summed E-state index contributed by atoms with van der Waals surface area (Å²) in [5, 5.41) is 17.2. The molecule has 4 heterocycles. The van der Waals surface area contributed by atoms with Crippen molar-refractivity contribution in [3.05, 3.63) is 103 Å². The molecule has 0 aliphatic carbocycles. The van der Waals surface area contributed by atoms with Crippen LogP contribution in [-0.4, -0.2) is 45.2 Å². The highest BCUT2D eigenvalue weighted by Gasteiger charge is 2.13. The molecule has 2 aromatic carbocycles. The maximum absolute atomic E-state index is 12.7. The molecule has 176 valence electrons. The molecular formula is C25H20N10O. The van der Waals surface area contributed by atoms with Gasteiger partial charge < -0.3 is 15.2 Å². The number of carbonyl (C=O) groups is 1. The molecule has 6 aromatic rings. The summed E-state index contributed by atoms with van der Waals surface area (Å²) in [7, 11) is 0. The number of anilines is 3. The fourth-order valence-corrected chi connectivity index (χ4v) is 3.83. The van der Waals surface area contributed by atoms with Gasteiger partial charge in [0.2, 0.25) is 0 Å². The maximum atomic E-state index is 12.7. The average molecular weight is 477 g/mol. The van der Waals surface area contributed by atoms with Crippen molar-refractivity contribution in [2.45, 2.75) is 6.54 Å². The number of nitrogens with zero attached hydrogens (tertiary/aromatic N) is 7. The number of aromatic amines is 1. The van der Waals surface area contributed by atoms with E-state index in [4.69, 9.17) is 0 Å². The Bertz CT molecular complexity index is 1620. The second kappa shape index (κ2) is 9.14. The molecular weight excluding hydrogens is 456 g/mol. The molecule has 11 nitrogen and oxygen atoms in total. The zero-order chi connectivity index (χ0) is 24.3. The molecule has 1 amide bonds. The number of aromatic nitrogens is 8. The van der Waals surface area contributed by atoms with Crippen molar-refractivity contribution in [3.8, 4) is 11.3 Å². The molecule has 3 N–H and O–H groups in total. The fourth-order valence-electron chi connectivity index (χ4n) is 3.83. The predicted molar refractivity (Wildman–Crippen MR) is 134 cm³/mol. The molecule has 0 aliphatic heterocycles. The molecule has 4 aromatic heterocycles. The molecule has 0 saturated carbocycles. The van der Waals surface area contributed by atoms with Crippen molar-refractivity contribution in [1.82, 2.24) is 39.3 Å². The van der Waals surface area contributed by atoms with Gasteiger partial charge in [0.1, 0.15) is 6.33 Å². The predicted octanol–water partition coefficient (Wildman–Crippen LogP) is 3.76. The van der Waals surface area contributed by atoms with Crippen molar-refractivity contribution in [2.75, 3.05) is 10.6 Å². The standard InChI is InChI=1S/C25H20N10O/c36-25(33-22-14-34(16-28-22)13-17-4-2-1-3-5-17)18-6-8-20(9-7-18)32-23-24-27-15-31-35(24)21(12-26-23)19-10-29-30-11-19/h1-12,14-16H,13H2,(H,26,32)(H,29,30)(H,33,36). The number of H-pyrrole nitrogens is 1. The molecule has 0 spiro atoms. The Morgan fingerprint density at radius 1 is 0.972 bits per heavy atom. The maximum Gasteiger partial charge on any atom is 0.256 e. The number of amides is 1. The third-order valence-corrected chi connectivity index (χ3v) is 5.59. The van der Waals surface area contributed by atoms with E-state index in [1.54, 1.807) is 53.7 Å². The van der Waals surface area contributed by atoms with Gasteiger partial charge in [-0.05, 0) is 29.8 Å². The van der Waals surface area contributed by atoms with Crippen molar-refractivity contribution < 1.29 is 4.79 Å². The van der Waals surface area contributed by atoms with E-state index >= 15 is 0 Å². The second-order valence-electron chi connectivity index (χ2n) is 8.05. The summed E-state index contributed by atoms with van der Waals surface area (Å²) >= 11 is 0. The lowest BCUT2D eigenvalue weighted by atomic mass is 10.2. The van der Waals surface area contributed by atoms with Crippen LogP contribution in [-0.2, 0) is 6.54 Å². The van der Waals surface area contributed by atoms with E-state index < -0.39 is 0 Å².